The zero-order valence-electron chi connectivity index (χ0n) is 12.9. The molecule has 0 unspecified atom stereocenters. The Labute approximate surface area is 143 Å². The lowest BCUT2D eigenvalue weighted by molar-refractivity contribution is -0.212. The minimum absolute atomic E-state index is 0.106. The Bertz CT molecular complexity index is 774. The van der Waals surface area contributed by atoms with Gasteiger partial charge in [0.05, 0.1) is 10.6 Å². The highest BCUT2D eigenvalue weighted by Crippen LogP contribution is 2.48. The predicted molar refractivity (Wildman–Crippen MR) is 83.0 cm³/mol. The first-order valence-electron chi connectivity index (χ1n) is 7.40. The van der Waals surface area contributed by atoms with Crippen LogP contribution in [0.25, 0.3) is 0 Å². The molecular formula is C15H16ClF3N2O2S. The summed E-state index contributed by atoms with van der Waals surface area (Å²) in [5.41, 5.74) is -2.77. The summed E-state index contributed by atoms with van der Waals surface area (Å²) in [5.74, 6) is 0. The van der Waals surface area contributed by atoms with Crippen molar-refractivity contribution in [1.29, 1.82) is 5.26 Å². The summed E-state index contributed by atoms with van der Waals surface area (Å²) in [6, 6.07) is 5.42. The Morgan fingerprint density at radius 2 is 2.08 bits per heavy atom. The average molecular weight is 381 g/mol. The first kappa shape index (κ1) is 19.0. The normalized spacial score (nSPS) is 22.5. The van der Waals surface area contributed by atoms with Crippen molar-refractivity contribution in [3.8, 4) is 6.07 Å². The van der Waals surface area contributed by atoms with Crippen LogP contribution in [0.2, 0.25) is 5.02 Å². The third-order valence-corrected chi connectivity index (χ3v) is 6.60. The summed E-state index contributed by atoms with van der Waals surface area (Å²) in [5, 5.41) is 9.05. The molecule has 9 heteroatoms. The highest BCUT2D eigenvalue weighted by molar-refractivity contribution is 7.89. The quantitative estimate of drug-likeness (QED) is 0.790. The van der Waals surface area contributed by atoms with Crippen LogP contribution in [0.15, 0.2) is 23.1 Å². The molecule has 1 saturated heterocycles. The molecule has 1 heterocycles. The molecule has 1 aliphatic rings. The molecule has 0 radical (unpaired) electrons. The monoisotopic (exact) mass is 380 g/mol. The molecule has 132 valence electrons. The van der Waals surface area contributed by atoms with Crippen molar-refractivity contribution < 1.29 is 21.6 Å². The van der Waals surface area contributed by atoms with E-state index in [0.29, 0.717) is 4.31 Å². The van der Waals surface area contributed by atoms with Gasteiger partial charge in [-0.05, 0) is 31.4 Å². The smallest absolute Gasteiger partial charge is 0.207 e. The van der Waals surface area contributed by atoms with Gasteiger partial charge >= 0.3 is 6.18 Å². The van der Waals surface area contributed by atoms with Gasteiger partial charge in [0.2, 0.25) is 10.0 Å². The number of benzene rings is 1. The van der Waals surface area contributed by atoms with Crippen LogP contribution in [-0.4, -0.2) is 31.0 Å². The van der Waals surface area contributed by atoms with E-state index >= 15 is 0 Å². The van der Waals surface area contributed by atoms with Crippen LogP contribution in [0.4, 0.5) is 13.2 Å². The maximum atomic E-state index is 13.8. The van der Waals surface area contributed by atoms with Gasteiger partial charge in [-0.25, -0.2) is 8.42 Å². The van der Waals surface area contributed by atoms with Crippen molar-refractivity contribution >= 4 is 21.6 Å². The Morgan fingerprint density at radius 3 is 2.62 bits per heavy atom. The van der Waals surface area contributed by atoms with Gasteiger partial charge in [0.25, 0.3) is 0 Å². The molecule has 0 bridgehead atoms. The molecule has 0 aromatic heterocycles. The number of halogens is 4. The van der Waals surface area contributed by atoms with E-state index in [2.05, 4.69) is 0 Å². The number of nitriles is 1. The molecular weight excluding hydrogens is 365 g/mol. The maximum Gasteiger partial charge on any atom is 0.407 e. The van der Waals surface area contributed by atoms with E-state index in [1.165, 1.54) is 12.1 Å². The molecule has 4 nitrogen and oxygen atoms in total. The fraction of sp³-hybridized carbons (Fsp3) is 0.533. The fourth-order valence-corrected chi connectivity index (χ4v) is 5.53. The van der Waals surface area contributed by atoms with Gasteiger partial charge in [-0.3, -0.25) is 0 Å². The number of alkyl halides is 3. The van der Waals surface area contributed by atoms with E-state index in [-0.39, 0.29) is 42.8 Å². The van der Waals surface area contributed by atoms with Gasteiger partial charge in [-0.1, -0.05) is 31.0 Å². The number of sulfonamides is 1. The Kier molecular flexibility index (Phi) is 5.19. The average Bonchev–Trinajstić information content (AvgIpc) is 2.93. The Balaban J connectivity index is 2.65. The summed E-state index contributed by atoms with van der Waals surface area (Å²) in [6.45, 7) is 1.34. The number of hydrogen-bond donors (Lipinski definition) is 0. The Hall–Kier alpha value is -1.30. The van der Waals surface area contributed by atoms with E-state index in [1.807, 2.05) is 0 Å². The minimum Gasteiger partial charge on any atom is -0.207 e. The third-order valence-electron chi connectivity index (χ3n) is 4.28. The van der Waals surface area contributed by atoms with Crippen molar-refractivity contribution in [3.05, 3.63) is 28.8 Å². The van der Waals surface area contributed by atoms with Crippen LogP contribution in [0, 0.1) is 11.3 Å². The number of hydrogen-bond acceptors (Lipinski definition) is 3. The molecule has 1 aromatic rings. The first-order chi connectivity index (χ1) is 11.1. The largest absolute Gasteiger partial charge is 0.407 e. The highest BCUT2D eigenvalue weighted by Gasteiger charge is 2.63. The Morgan fingerprint density at radius 1 is 1.42 bits per heavy atom. The van der Waals surface area contributed by atoms with Crippen LogP contribution >= 0.6 is 11.6 Å². The van der Waals surface area contributed by atoms with Crippen molar-refractivity contribution in [3.63, 3.8) is 0 Å². The lowest BCUT2D eigenvalue weighted by Gasteiger charge is -2.39. The van der Waals surface area contributed by atoms with Gasteiger partial charge in [0, 0.05) is 6.54 Å². The van der Waals surface area contributed by atoms with Crippen molar-refractivity contribution in [1.82, 2.24) is 4.31 Å². The summed E-state index contributed by atoms with van der Waals surface area (Å²) in [6.07, 6.45) is -5.00. The number of rotatable bonds is 4. The molecule has 1 atom stereocenters. The van der Waals surface area contributed by atoms with Gasteiger partial charge in [-0.15, -0.1) is 0 Å². The summed E-state index contributed by atoms with van der Waals surface area (Å²) in [4.78, 5) is -0.482. The zero-order chi connectivity index (χ0) is 18.2. The predicted octanol–water partition coefficient (Wildman–Crippen LogP) is 4.10. The number of nitrogens with zero attached hydrogens (tertiary/aromatic N) is 2. The summed E-state index contributed by atoms with van der Waals surface area (Å²) >= 11 is 5.84. The molecule has 0 aliphatic carbocycles. The lowest BCUT2D eigenvalue weighted by atomic mass is 9.91. The SMILES string of the molecule is CCC[C@@]1(C(F)(F)F)CCCN1S(=O)(=O)c1cccc(Cl)c1C#N. The molecule has 0 N–H and O–H groups in total. The van der Waals surface area contributed by atoms with Crippen LogP contribution in [0.1, 0.15) is 38.2 Å². The van der Waals surface area contributed by atoms with Gasteiger partial charge in [0.15, 0.2) is 0 Å². The van der Waals surface area contributed by atoms with Crippen molar-refractivity contribution in [2.24, 2.45) is 0 Å². The second-order valence-electron chi connectivity index (χ2n) is 5.68. The molecule has 1 aromatic carbocycles. The van der Waals surface area contributed by atoms with Crippen LogP contribution in [-0.2, 0) is 10.0 Å². The van der Waals surface area contributed by atoms with Crippen LogP contribution in [0.5, 0.6) is 0 Å². The minimum atomic E-state index is -4.70. The lowest BCUT2D eigenvalue weighted by Crippen LogP contribution is -2.57. The van der Waals surface area contributed by atoms with Gasteiger partial charge in [-0.2, -0.15) is 22.7 Å². The van der Waals surface area contributed by atoms with Crippen LogP contribution in [0.3, 0.4) is 0 Å². The summed E-state index contributed by atoms with van der Waals surface area (Å²) < 4.78 is 67.6. The van der Waals surface area contributed by atoms with E-state index in [1.54, 1.807) is 13.0 Å². The molecule has 0 saturated carbocycles. The maximum absolute atomic E-state index is 13.8. The van der Waals surface area contributed by atoms with Gasteiger partial charge in [0.1, 0.15) is 16.5 Å². The first-order valence-corrected chi connectivity index (χ1v) is 9.22. The van der Waals surface area contributed by atoms with Crippen molar-refractivity contribution in [2.45, 2.75) is 49.2 Å². The second-order valence-corrected chi connectivity index (χ2v) is 7.92. The highest BCUT2D eigenvalue weighted by atomic mass is 35.5. The third kappa shape index (κ3) is 2.89. The van der Waals surface area contributed by atoms with Crippen LogP contribution < -0.4 is 0 Å². The topological polar surface area (TPSA) is 61.2 Å². The van der Waals surface area contributed by atoms with E-state index < -0.39 is 26.6 Å². The molecule has 1 aliphatic heterocycles. The zero-order valence-corrected chi connectivity index (χ0v) is 14.5. The molecule has 24 heavy (non-hydrogen) atoms. The molecule has 2 rings (SSSR count). The second kappa shape index (κ2) is 6.54. The van der Waals surface area contributed by atoms with E-state index in [0.717, 1.165) is 6.07 Å². The fourth-order valence-electron chi connectivity index (χ4n) is 3.24. The molecule has 0 amide bonds. The molecule has 1 fully saturated rings. The van der Waals surface area contributed by atoms with E-state index in [4.69, 9.17) is 16.9 Å². The molecule has 0 spiro atoms. The van der Waals surface area contributed by atoms with Crippen molar-refractivity contribution in [2.75, 3.05) is 6.54 Å². The standard InChI is InChI=1S/C15H16ClF3N2O2S/c1-2-7-14(15(17,18)19)8-4-9-21(14)24(22,23)13-6-3-5-12(16)11(13)10-20/h3,5-6H,2,4,7-9H2,1H3/t14-/m0/s1. The van der Waals surface area contributed by atoms with Gasteiger partial charge < -0.3 is 0 Å². The summed E-state index contributed by atoms with van der Waals surface area (Å²) in [7, 11) is -4.51. The van der Waals surface area contributed by atoms with E-state index in [9.17, 15) is 21.6 Å².